The molecule has 98 valence electrons. The SMILES string of the molecule is NC[C@H]1CN(C(=O)C[C@@H]2CCCCO2)CCO1. The van der Waals surface area contributed by atoms with E-state index in [4.69, 9.17) is 15.2 Å². The zero-order valence-corrected chi connectivity index (χ0v) is 10.3. The third-order valence-corrected chi connectivity index (χ3v) is 3.43. The molecule has 0 radical (unpaired) electrons. The normalized spacial score (nSPS) is 30.3. The van der Waals surface area contributed by atoms with Gasteiger partial charge in [0, 0.05) is 26.2 Å². The second-order valence-electron chi connectivity index (χ2n) is 4.76. The highest BCUT2D eigenvalue weighted by atomic mass is 16.5. The molecule has 0 aromatic carbocycles. The Morgan fingerprint density at radius 2 is 2.06 bits per heavy atom. The van der Waals surface area contributed by atoms with Crippen molar-refractivity contribution >= 4 is 5.91 Å². The average Bonchev–Trinajstić information content (AvgIpc) is 2.40. The van der Waals surface area contributed by atoms with Crippen molar-refractivity contribution in [1.29, 1.82) is 0 Å². The fraction of sp³-hybridized carbons (Fsp3) is 0.917. The fourth-order valence-corrected chi connectivity index (χ4v) is 2.38. The van der Waals surface area contributed by atoms with Crippen molar-refractivity contribution in [2.45, 2.75) is 37.9 Å². The molecular weight excluding hydrogens is 220 g/mol. The molecule has 2 N–H and O–H groups in total. The number of carbonyl (C=O) groups is 1. The Morgan fingerprint density at radius 1 is 1.24 bits per heavy atom. The predicted molar refractivity (Wildman–Crippen MR) is 63.6 cm³/mol. The first-order valence-corrected chi connectivity index (χ1v) is 6.50. The lowest BCUT2D eigenvalue weighted by Crippen LogP contribution is -2.48. The molecule has 0 unspecified atom stereocenters. The Hall–Kier alpha value is -0.650. The van der Waals surface area contributed by atoms with Crippen LogP contribution in [0.15, 0.2) is 0 Å². The van der Waals surface area contributed by atoms with Crippen molar-refractivity contribution in [2.75, 3.05) is 32.8 Å². The third kappa shape index (κ3) is 3.66. The predicted octanol–water partition coefficient (Wildman–Crippen LogP) is 0.132. The molecule has 5 heteroatoms. The number of ether oxygens (including phenoxy) is 2. The summed E-state index contributed by atoms with van der Waals surface area (Å²) in [6, 6.07) is 0. The van der Waals surface area contributed by atoms with Gasteiger partial charge in [-0.3, -0.25) is 4.79 Å². The lowest BCUT2D eigenvalue weighted by molar-refractivity contribution is -0.142. The molecule has 2 atom stereocenters. The van der Waals surface area contributed by atoms with E-state index in [1.54, 1.807) is 0 Å². The van der Waals surface area contributed by atoms with Gasteiger partial charge in [0.2, 0.25) is 5.91 Å². The number of nitrogens with two attached hydrogens (primary N) is 1. The Kier molecular flexibility index (Phi) is 4.76. The van der Waals surface area contributed by atoms with Crippen molar-refractivity contribution < 1.29 is 14.3 Å². The molecule has 2 saturated heterocycles. The van der Waals surface area contributed by atoms with Crippen LogP contribution in [0.4, 0.5) is 0 Å². The highest BCUT2D eigenvalue weighted by Gasteiger charge is 2.26. The molecule has 0 aromatic rings. The van der Waals surface area contributed by atoms with E-state index in [0.29, 0.717) is 32.7 Å². The van der Waals surface area contributed by atoms with Crippen LogP contribution < -0.4 is 5.73 Å². The molecule has 0 aliphatic carbocycles. The largest absolute Gasteiger partial charge is 0.378 e. The van der Waals surface area contributed by atoms with Crippen molar-refractivity contribution in [1.82, 2.24) is 4.90 Å². The lowest BCUT2D eigenvalue weighted by atomic mass is 10.1. The molecule has 2 rings (SSSR count). The summed E-state index contributed by atoms with van der Waals surface area (Å²) in [5.41, 5.74) is 5.56. The van der Waals surface area contributed by atoms with E-state index >= 15 is 0 Å². The van der Waals surface area contributed by atoms with Crippen molar-refractivity contribution in [2.24, 2.45) is 5.73 Å². The van der Waals surface area contributed by atoms with Gasteiger partial charge in [-0.2, -0.15) is 0 Å². The second-order valence-corrected chi connectivity index (χ2v) is 4.76. The summed E-state index contributed by atoms with van der Waals surface area (Å²) in [5, 5.41) is 0. The fourth-order valence-electron chi connectivity index (χ4n) is 2.38. The molecule has 2 heterocycles. The molecule has 2 aliphatic rings. The molecule has 17 heavy (non-hydrogen) atoms. The first-order valence-electron chi connectivity index (χ1n) is 6.50. The number of nitrogens with zero attached hydrogens (tertiary/aromatic N) is 1. The van der Waals surface area contributed by atoms with Gasteiger partial charge in [0.1, 0.15) is 0 Å². The summed E-state index contributed by atoms with van der Waals surface area (Å²) in [6.45, 7) is 3.18. The van der Waals surface area contributed by atoms with Crippen LogP contribution in [-0.4, -0.2) is 55.9 Å². The van der Waals surface area contributed by atoms with Crippen LogP contribution in [-0.2, 0) is 14.3 Å². The third-order valence-electron chi connectivity index (χ3n) is 3.43. The first-order chi connectivity index (χ1) is 8.29. The van der Waals surface area contributed by atoms with Gasteiger partial charge in [0.15, 0.2) is 0 Å². The van der Waals surface area contributed by atoms with E-state index in [0.717, 1.165) is 19.4 Å². The van der Waals surface area contributed by atoms with Gasteiger partial charge in [-0.25, -0.2) is 0 Å². The maximum atomic E-state index is 12.1. The second kappa shape index (κ2) is 6.33. The van der Waals surface area contributed by atoms with Gasteiger partial charge < -0.3 is 20.1 Å². The van der Waals surface area contributed by atoms with Gasteiger partial charge in [-0.1, -0.05) is 0 Å². The minimum absolute atomic E-state index is 0.0000239. The van der Waals surface area contributed by atoms with E-state index in [-0.39, 0.29) is 18.1 Å². The highest BCUT2D eigenvalue weighted by molar-refractivity contribution is 5.76. The quantitative estimate of drug-likeness (QED) is 0.764. The molecule has 1 amide bonds. The van der Waals surface area contributed by atoms with Crippen molar-refractivity contribution in [3.63, 3.8) is 0 Å². The van der Waals surface area contributed by atoms with E-state index in [9.17, 15) is 4.79 Å². The molecule has 5 nitrogen and oxygen atoms in total. The van der Waals surface area contributed by atoms with Crippen LogP contribution in [0.2, 0.25) is 0 Å². The number of hydrogen-bond acceptors (Lipinski definition) is 4. The van der Waals surface area contributed by atoms with Gasteiger partial charge in [0.25, 0.3) is 0 Å². The molecule has 0 spiro atoms. The van der Waals surface area contributed by atoms with E-state index in [1.807, 2.05) is 4.90 Å². The van der Waals surface area contributed by atoms with Crippen LogP contribution in [0.3, 0.4) is 0 Å². The van der Waals surface area contributed by atoms with Crippen LogP contribution in [0.25, 0.3) is 0 Å². The number of rotatable bonds is 3. The average molecular weight is 242 g/mol. The molecule has 2 aliphatic heterocycles. The number of amides is 1. The van der Waals surface area contributed by atoms with Crippen molar-refractivity contribution in [3.8, 4) is 0 Å². The minimum atomic E-state index is -0.0000239. The first kappa shape index (κ1) is 12.8. The van der Waals surface area contributed by atoms with Gasteiger partial charge in [-0.05, 0) is 19.3 Å². The zero-order valence-electron chi connectivity index (χ0n) is 10.3. The van der Waals surface area contributed by atoms with Gasteiger partial charge in [-0.15, -0.1) is 0 Å². The summed E-state index contributed by atoms with van der Waals surface area (Å²) in [5.74, 6) is 0.179. The van der Waals surface area contributed by atoms with Crippen molar-refractivity contribution in [3.05, 3.63) is 0 Å². The summed E-state index contributed by atoms with van der Waals surface area (Å²) in [4.78, 5) is 13.9. The van der Waals surface area contributed by atoms with Gasteiger partial charge in [0.05, 0.1) is 25.2 Å². The summed E-state index contributed by atoms with van der Waals surface area (Å²) < 4.78 is 11.0. The number of carbonyl (C=O) groups excluding carboxylic acids is 1. The summed E-state index contributed by atoms with van der Waals surface area (Å²) >= 11 is 0. The Labute approximate surface area is 102 Å². The zero-order chi connectivity index (χ0) is 12.1. The maximum Gasteiger partial charge on any atom is 0.225 e. The Balaban J connectivity index is 1.78. The number of hydrogen-bond donors (Lipinski definition) is 1. The van der Waals surface area contributed by atoms with E-state index < -0.39 is 0 Å². The Morgan fingerprint density at radius 3 is 2.76 bits per heavy atom. The standard InChI is InChI=1S/C12H22N2O3/c13-8-11-9-14(4-6-17-11)12(15)7-10-3-1-2-5-16-10/h10-11H,1-9,13H2/t10-,11-/m0/s1. The highest BCUT2D eigenvalue weighted by Crippen LogP contribution is 2.17. The lowest BCUT2D eigenvalue weighted by Gasteiger charge is -2.33. The van der Waals surface area contributed by atoms with Crippen LogP contribution >= 0.6 is 0 Å². The van der Waals surface area contributed by atoms with E-state index in [2.05, 4.69) is 0 Å². The number of morpholine rings is 1. The molecular formula is C12H22N2O3. The molecule has 2 fully saturated rings. The Bertz CT molecular complexity index is 254. The summed E-state index contributed by atoms with van der Waals surface area (Å²) in [6.07, 6.45) is 3.94. The molecule has 0 aromatic heterocycles. The topological polar surface area (TPSA) is 64.8 Å². The molecule has 0 bridgehead atoms. The van der Waals surface area contributed by atoms with Crippen LogP contribution in [0, 0.1) is 0 Å². The summed E-state index contributed by atoms with van der Waals surface area (Å²) in [7, 11) is 0. The van der Waals surface area contributed by atoms with Crippen LogP contribution in [0.5, 0.6) is 0 Å². The monoisotopic (exact) mass is 242 g/mol. The smallest absolute Gasteiger partial charge is 0.225 e. The maximum absolute atomic E-state index is 12.1. The van der Waals surface area contributed by atoms with E-state index in [1.165, 1.54) is 6.42 Å². The van der Waals surface area contributed by atoms with Gasteiger partial charge >= 0.3 is 0 Å². The molecule has 0 saturated carbocycles. The van der Waals surface area contributed by atoms with Crippen LogP contribution in [0.1, 0.15) is 25.7 Å². The minimum Gasteiger partial charge on any atom is -0.378 e.